The Morgan fingerprint density at radius 3 is 2.68 bits per heavy atom. The summed E-state index contributed by atoms with van der Waals surface area (Å²) in [5.41, 5.74) is 0.925. The third kappa shape index (κ3) is 6.58. The molecule has 0 unspecified atom stereocenters. The molecule has 2 rings (SSSR count). The lowest BCUT2D eigenvalue weighted by Gasteiger charge is -2.23. The molecule has 1 aliphatic rings. The first-order chi connectivity index (χ1) is 10.1. The number of benzene rings is 1. The van der Waals surface area contributed by atoms with Crippen LogP contribution in [0.5, 0.6) is 5.75 Å². The quantitative estimate of drug-likeness (QED) is 0.840. The van der Waals surface area contributed by atoms with Gasteiger partial charge in [0.25, 0.3) is 0 Å². The van der Waals surface area contributed by atoms with Crippen LogP contribution < -0.4 is 15.4 Å². The number of aryl methyl sites for hydroxylation is 1. The lowest BCUT2D eigenvalue weighted by atomic mass is 10.1. The third-order valence-electron chi connectivity index (χ3n) is 3.45. The first-order valence-corrected chi connectivity index (χ1v) is 7.17. The van der Waals surface area contributed by atoms with Crippen LogP contribution in [0.4, 0.5) is 8.78 Å². The van der Waals surface area contributed by atoms with Gasteiger partial charge in [-0.15, -0.1) is 12.4 Å². The fraction of sp³-hybridized carbons (Fsp3) is 0.533. The fourth-order valence-corrected chi connectivity index (χ4v) is 2.37. The number of halogens is 3. The maximum absolute atomic E-state index is 12.0. The zero-order valence-electron chi connectivity index (χ0n) is 12.2. The predicted octanol–water partition coefficient (Wildman–Crippen LogP) is 2.51. The first-order valence-electron chi connectivity index (χ1n) is 7.17. The van der Waals surface area contributed by atoms with Gasteiger partial charge in [0.05, 0.1) is 0 Å². The van der Waals surface area contributed by atoms with Crippen molar-refractivity contribution in [2.45, 2.75) is 38.3 Å². The van der Waals surface area contributed by atoms with Gasteiger partial charge in [0.1, 0.15) is 5.75 Å². The summed E-state index contributed by atoms with van der Waals surface area (Å²) in [4.78, 5) is 11.8. The number of piperidine rings is 1. The van der Waals surface area contributed by atoms with E-state index in [2.05, 4.69) is 15.4 Å². The third-order valence-corrected chi connectivity index (χ3v) is 3.45. The van der Waals surface area contributed by atoms with Gasteiger partial charge < -0.3 is 15.4 Å². The summed E-state index contributed by atoms with van der Waals surface area (Å²) in [6.07, 6.45) is 3.07. The molecule has 1 saturated heterocycles. The summed E-state index contributed by atoms with van der Waals surface area (Å²) >= 11 is 0. The average molecular weight is 335 g/mol. The molecule has 0 radical (unpaired) electrons. The molecular weight excluding hydrogens is 314 g/mol. The van der Waals surface area contributed by atoms with E-state index in [1.165, 1.54) is 12.1 Å². The van der Waals surface area contributed by atoms with Crippen molar-refractivity contribution in [1.82, 2.24) is 10.6 Å². The van der Waals surface area contributed by atoms with Crippen LogP contribution in [0.15, 0.2) is 24.3 Å². The van der Waals surface area contributed by atoms with Crippen molar-refractivity contribution < 1.29 is 18.3 Å². The second-order valence-electron chi connectivity index (χ2n) is 5.13. The minimum absolute atomic E-state index is 0. The number of hydrogen-bond donors (Lipinski definition) is 2. The number of alkyl halides is 2. The van der Waals surface area contributed by atoms with E-state index in [0.717, 1.165) is 31.5 Å². The van der Waals surface area contributed by atoms with E-state index in [1.807, 2.05) is 0 Å². The van der Waals surface area contributed by atoms with E-state index >= 15 is 0 Å². The topological polar surface area (TPSA) is 50.4 Å². The van der Waals surface area contributed by atoms with Crippen LogP contribution in [-0.4, -0.2) is 31.7 Å². The highest BCUT2D eigenvalue weighted by Gasteiger charge is 2.15. The van der Waals surface area contributed by atoms with Gasteiger partial charge in [0.15, 0.2) is 0 Å². The molecule has 1 aromatic rings. The summed E-state index contributed by atoms with van der Waals surface area (Å²) in [5, 5.41) is 6.25. The predicted molar refractivity (Wildman–Crippen MR) is 82.7 cm³/mol. The van der Waals surface area contributed by atoms with Gasteiger partial charge >= 0.3 is 6.61 Å². The lowest BCUT2D eigenvalue weighted by Crippen LogP contribution is -2.45. The Hall–Kier alpha value is -1.40. The molecule has 0 saturated carbocycles. The zero-order chi connectivity index (χ0) is 15.1. The number of amides is 1. The second kappa shape index (κ2) is 9.58. The standard InChI is InChI=1S/C15H20F2N2O2.ClH/c16-15(17)21-13-6-3-11(4-7-13)5-8-14(20)19-12-2-1-9-18-10-12;/h3-4,6-7,12,15,18H,1-2,5,8-10H2,(H,19,20);1H/t12-;/m0./s1. The molecule has 2 N–H and O–H groups in total. The van der Waals surface area contributed by atoms with Crippen LogP contribution in [0.25, 0.3) is 0 Å². The Kier molecular flexibility index (Phi) is 8.12. The van der Waals surface area contributed by atoms with Crippen molar-refractivity contribution in [3.05, 3.63) is 29.8 Å². The summed E-state index contributed by atoms with van der Waals surface area (Å²) in [7, 11) is 0. The van der Waals surface area contributed by atoms with Gasteiger partial charge in [-0.05, 0) is 43.5 Å². The Morgan fingerprint density at radius 2 is 2.09 bits per heavy atom. The molecule has 0 spiro atoms. The molecule has 124 valence electrons. The first kappa shape index (κ1) is 18.6. The summed E-state index contributed by atoms with van der Waals surface area (Å²) in [5.74, 6) is 0.156. The minimum atomic E-state index is -2.81. The molecule has 1 amide bonds. The summed E-state index contributed by atoms with van der Waals surface area (Å²) in [6, 6.07) is 6.60. The highest BCUT2D eigenvalue weighted by Crippen LogP contribution is 2.15. The van der Waals surface area contributed by atoms with E-state index in [4.69, 9.17) is 0 Å². The van der Waals surface area contributed by atoms with Crippen molar-refractivity contribution in [2.75, 3.05) is 13.1 Å². The lowest BCUT2D eigenvalue weighted by molar-refractivity contribution is -0.121. The van der Waals surface area contributed by atoms with Crippen LogP contribution in [-0.2, 0) is 11.2 Å². The van der Waals surface area contributed by atoms with Gasteiger partial charge in [0.2, 0.25) is 5.91 Å². The van der Waals surface area contributed by atoms with Gasteiger partial charge in [0, 0.05) is 19.0 Å². The van der Waals surface area contributed by atoms with Crippen LogP contribution >= 0.6 is 12.4 Å². The van der Waals surface area contributed by atoms with Crippen LogP contribution in [0, 0.1) is 0 Å². The number of ether oxygens (including phenoxy) is 1. The van der Waals surface area contributed by atoms with Crippen molar-refractivity contribution in [1.29, 1.82) is 0 Å². The molecule has 0 bridgehead atoms. The van der Waals surface area contributed by atoms with Gasteiger partial charge in [-0.3, -0.25) is 4.79 Å². The van der Waals surface area contributed by atoms with Gasteiger partial charge in [-0.1, -0.05) is 12.1 Å². The molecule has 4 nitrogen and oxygen atoms in total. The van der Waals surface area contributed by atoms with Crippen molar-refractivity contribution in [2.24, 2.45) is 0 Å². The Bertz CT molecular complexity index is 451. The molecule has 0 aromatic heterocycles. The summed E-state index contributed by atoms with van der Waals surface area (Å²) in [6.45, 7) is -0.976. The van der Waals surface area contributed by atoms with Gasteiger partial charge in [-0.25, -0.2) is 0 Å². The minimum Gasteiger partial charge on any atom is -0.435 e. The van der Waals surface area contributed by atoms with Crippen molar-refractivity contribution in [3.63, 3.8) is 0 Å². The highest BCUT2D eigenvalue weighted by molar-refractivity contribution is 5.85. The molecule has 1 atom stereocenters. The van der Waals surface area contributed by atoms with Gasteiger partial charge in [-0.2, -0.15) is 8.78 Å². The molecule has 1 aromatic carbocycles. The normalized spacial score (nSPS) is 17.7. The van der Waals surface area contributed by atoms with Crippen molar-refractivity contribution >= 4 is 18.3 Å². The Balaban J connectivity index is 0.00000242. The number of rotatable bonds is 6. The van der Waals surface area contributed by atoms with E-state index in [0.29, 0.717) is 12.8 Å². The Morgan fingerprint density at radius 1 is 1.36 bits per heavy atom. The largest absolute Gasteiger partial charge is 0.435 e. The maximum Gasteiger partial charge on any atom is 0.387 e. The van der Waals surface area contributed by atoms with E-state index < -0.39 is 6.61 Å². The molecule has 22 heavy (non-hydrogen) atoms. The van der Waals surface area contributed by atoms with Crippen molar-refractivity contribution in [3.8, 4) is 5.75 Å². The van der Waals surface area contributed by atoms with E-state index in [-0.39, 0.29) is 30.1 Å². The maximum atomic E-state index is 12.0. The summed E-state index contributed by atoms with van der Waals surface area (Å²) < 4.78 is 28.3. The molecule has 7 heteroatoms. The molecule has 1 aliphatic heterocycles. The SMILES string of the molecule is Cl.O=C(CCc1ccc(OC(F)F)cc1)N[C@H]1CCCNC1. The second-order valence-corrected chi connectivity index (χ2v) is 5.13. The molecular formula is C15H21ClF2N2O2. The zero-order valence-corrected chi connectivity index (χ0v) is 13.0. The fourth-order valence-electron chi connectivity index (χ4n) is 2.37. The Labute approximate surface area is 135 Å². The average Bonchev–Trinajstić information content (AvgIpc) is 2.47. The number of hydrogen-bond acceptors (Lipinski definition) is 3. The molecule has 0 aliphatic carbocycles. The van der Waals surface area contributed by atoms with Crippen LogP contribution in [0.3, 0.4) is 0 Å². The highest BCUT2D eigenvalue weighted by atomic mass is 35.5. The molecule has 1 fully saturated rings. The number of carbonyl (C=O) groups excluding carboxylic acids is 1. The number of carbonyl (C=O) groups is 1. The van der Waals surface area contributed by atoms with E-state index in [9.17, 15) is 13.6 Å². The monoisotopic (exact) mass is 334 g/mol. The smallest absolute Gasteiger partial charge is 0.387 e. The van der Waals surface area contributed by atoms with Crippen LogP contribution in [0.2, 0.25) is 0 Å². The van der Waals surface area contributed by atoms with Crippen LogP contribution in [0.1, 0.15) is 24.8 Å². The van der Waals surface area contributed by atoms with E-state index in [1.54, 1.807) is 12.1 Å². The molecule has 1 heterocycles. The number of nitrogens with one attached hydrogen (secondary N) is 2.